The van der Waals surface area contributed by atoms with Crippen molar-refractivity contribution in [3.05, 3.63) is 34.3 Å². The average Bonchev–Trinajstić information content (AvgIpc) is 2.86. The third kappa shape index (κ3) is 3.38. The Bertz CT molecular complexity index is 453. The Hall–Kier alpha value is -1.20. The molecule has 17 heavy (non-hydrogen) atoms. The van der Waals surface area contributed by atoms with Gasteiger partial charge >= 0.3 is 0 Å². The molecule has 0 bridgehead atoms. The van der Waals surface area contributed by atoms with Crippen molar-refractivity contribution >= 4 is 11.3 Å². The van der Waals surface area contributed by atoms with Crippen molar-refractivity contribution in [1.82, 2.24) is 20.3 Å². The summed E-state index contributed by atoms with van der Waals surface area (Å²) in [6.07, 6.45) is 5.56. The lowest BCUT2D eigenvalue weighted by atomic mass is 9.98. The summed E-state index contributed by atoms with van der Waals surface area (Å²) in [5, 5.41) is 4.53. The molecule has 0 aliphatic heterocycles. The molecule has 0 saturated heterocycles. The van der Waals surface area contributed by atoms with Crippen LogP contribution >= 0.6 is 11.3 Å². The van der Waals surface area contributed by atoms with Gasteiger partial charge in [-0.25, -0.2) is 9.97 Å². The molecule has 0 aliphatic rings. The normalized spacial score (nSPS) is 11.9. The fraction of sp³-hybridized carbons (Fsp3) is 0.500. The van der Waals surface area contributed by atoms with Crippen molar-refractivity contribution in [2.75, 3.05) is 0 Å². The Morgan fingerprint density at radius 2 is 2.12 bits per heavy atom. The molecule has 2 aromatic heterocycles. The first-order valence-corrected chi connectivity index (χ1v) is 6.51. The van der Waals surface area contributed by atoms with Gasteiger partial charge in [0.2, 0.25) is 0 Å². The van der Waals surface area contributed by atoms with Crippen LogP contribution in [-0.4, -0.2) is 15.0 Å². The Kier molecular flexibility index (Phi) is 3.59. The number of aromatic nitrogens is 3. The van der Waals surface area contributed by atoms with Crippen molar-refractivity contribution in [2.45, 2.75) is 39.3 Å². The second-order valence-electron chi connectivity index (χ2n) is 5.02. The highest BCUT2D eigenvalue weighted by molar-refractivity contribution is 7.11. The monoisotopic (exact) mass is 250 g/mol. The SMILES string of the molecule is CC(C)(C)c1ncc(CNCc2ncc[nH]2)s1. The molecule has 0 amide bonds. The van der Waals surface area contributed by atoms with Crippen LogP contribution in [0.25, 0.3) is 0 Å². The molecule has 0 saturated carbocycles. The number of hydrogen-bond acceptors (Lipinski definition) is 4. The topological polar surface area (TPSA) is 53.6 Å². The van der Waals surface area contributed by atoms with Crippen LogP contribution in [0.5, 0.6) is 0 Å². The molecule has 2 heterocycles. The van der Waals surface area contributed by atoms with Gasteiger partial charge in [0.25, 0.3) is 0 Å². The molecule has 2 aromatic rings. The van der Waals surface area contributed by atoms with Gasteiger partial charge in [0.15, 0.2) is 0 Å². The Balaban J connectivity index is 1.85. The van der Waals surface area contributed by atoms with Crippen LogP contribution in [0.15, 0.2) is 18.6 Å². The molecule has 5 heteroatoms. The number of H-pyrrole nitrogens is 1. The quantitative estimate of drug-likeness (QED) is 0.876. The van der Waals surface area contributed by atoms with E-state index in [-0.39, 0.29) is 5.41 Å². The third-order valence-electron chi connectivity index (χ3n) is 2.34. The molecular weight excluding hydrogens is 232 g/mol. The van der Waals surface area contributed by atoms with Crippen LogP contribution in [0.2, 0.25) is 0 Å². The first-order chi connectivity index (χ1) is 8.05. The van der Waals surface area contributed by atoms with Crippen LogP contribution in [0.3, 0.4) is 0 Å². The highest BCUT2D eigenvalue weighted by Gasteiger charge is 2.17. The summed E-state index contributed by atoms with van der Waals surface area (Å²) in [5.41, 5.74) is 0.143. The van der Waals surface area contributed by atoms with E-state index in [1.165, 1.54) is 9.88 Å². The molecule has 0 aromatic carbocycles. The van der Waals surface area contributed by atoms with Gasteiger partial charge in [0.05, 0.1) is 11.6 Å². The molecule has 0 fully saturated rings. The van der Waals surface area contributed by atoms with Gasteiger partial charge < -0.3 is 10.3 Å². The van der Waals surface area contributed by atoms with Crippen LogP contribution in [0, 0.1) is 0 Å². The maximum absolute atomic E-state index is 4.46. The summed E-state index contributed by atoms with van der Waals surface area (Å²) >= 11 is 1.77. The van der Waals surface area contributed by atoms with Crippen molar-refractivity contribution in [3.63, 3.8) is 0 Å². The van der Waals surface area contributed by atoms with Crippen LogP contribution in [-0.2, 0) is 18.5 Å². The second kappa shape index (κ2) is 4.98. The summed E-state index contributed by atoms with van der Waals surface area (Å²) < 4.78 is 0. The van der Waals surface area contributed by atoms with E-state index in [4.69, 9.17) is 0 Å². The van der Waals surface area contributed by atoms with Crippen molar-refractivity contribution < 1.29 is 0 Å². The maximum Gasteiger partial charge on any atom is 0.120 e. The van der Waals surface area contributed by atoms with E-state index in [9.17, 15) is 0 Å². The zero-order chi connectivity index (χ0) is 12.3. The fourth-order valence-electron chi connectivity index (χ4n) is 1.43. The van der Waals surface area contributed by atoms with E-state index >= 15 is 0 Å². The molecule has 0 spiro atoms. The number of rotatable bonds is 4. The first kappa shape index (κ1) is 12.3. The number of aromatic amines is 1. The minimum absolute atomic E-state index is 0.143. The second-order valence-corrected chi connectivity index (χ2v) is 6.14. The lowest BCUT2D eigenvalue weighted by Crippen LogP contribution is -2.12. The minimum Gasteiger partial charge on any atom is -0.348 e. The number of thiazole rings is 1. The number of hydrogen-bond donors (Lipinski definition) is 2. The molecular formula is C12H18N4S. The van der Waals surface area contributed by atoms with Gasteiger partial charge in [-0.3, -0.25) is 0 Å². The van der Waals surface area contributed by atoms with Gasteiger partial charge in [-0.1, -0.05) is 20.8 Å². The van der Waals surface area contributed by atoms with Crippen molar-refractivity contribution in [2.24, 2.45) is 0 Å². The molecule has 0 radical (unpaired) electrons. The molecule has 4 nitrogen and oxygen atoms in total. The predicted molar refractivity (Wildman–Crippen MR) is 69.9 cm³/mol. The summed E-state index contributed by atoms with van der Waals surface area (Å²) in [5.74, 6) is 0.963. The summed E-state index contributed by atoms with van der Waals surface area (Å²) in [4.78, 5) is 13.0. The molecule has 92 valence electrons. The first-order valence-electron chi connectivity index (χ1n) is 5.70. The number of imidazole rings is 1. The fourth-order valence-corrected chi connectivity index (χ4v) is 2.37. The highest BCUT2D eigenvalue weighted by Crippen LogP contribution is 2.26. The van der Waals surface area contributed by atoms with E-state index in [0.717, 1.165) is 18.9 Å². The zero-order valence-electron chi connectivity index (χ0n) is 10.4. The Labute approximate surface area is 106 Å². The van der Waals surface area contributed by atoms with Crippen LogP contribution in [0.4, 0.5) is 0 Å². The van der Waals surface area contributed by atoms with Crippen LogP contribution in [0.1, 0.15) is 36.5 Å². The van der Waals surface area contributed by atoms with E-state index in [1.54, 1.807) is 17.5 Å². The molecule has 0 atom stereocenters. The van der Waals surface area contributed by atoms with Gasteiger partial charge in [0.1, 0.15) is 5.82 Å². The number of nitrogens with one attached hydrogen (secondary N) is 2. The maximum atomic E-state index is 4.46. The lowest BCUT2D eigenvalue weighted by Gasteiger charge is -2.13. The van der Waals surface area contributed by atoms with Gasteiger partial charge in [-0.15, -0.1) is 11.3 Å². The largest absolute Gasteiger partial charge is 0.348 e. The van der Waals surface area contributed by atoms with E-state index in [1.807, 2.05) is 12.4 Å². The standard InChI is InChI=1S/C12H18N4S/c1-12(2,3)11-16-7-9(17-11)6-13-8-10-14-4-5-15-10/h4-5,7,13H,6,8H2,1-3H3,(H,14,15). The van der Waals surface area contributed by atoms with Gasteiger partial charge in [0, 0.05) is 35.4 Å². The predicted octanol–water partition coefficient (Wildman–Crippen LogP) is 2.45. The highest BCUT2D eigenvalue weighted by atomic mass is 32.1. The van der Waals surface area contributed by atoms with Gasteiger partial charge in [-0.05, 0) is 0 Å². The van der Waals surface area contributed by atoms with Gasteiger partial charge in [-0.2, -0.15) is 0 Å². The van der Waals surface area contributed by atoms with E-state index in [2.05, 4.69) is 41.0 Å². The molecule has 0 unspecified atom stereocenters. The van der Waals surface area contributed by atoms with Crippen molar-refractivity contribution in [3.8, 4) is 0 Å². The van der Waals surface area contributed by atoms with E-state index in [0.29, 0.717) is 0 Å². The minimum atomic E-state index is 0.143. The van der Waals surface area contributed by atoms with Crippen LogP contribution < -0.4 is 5.32 Å². The third-order valence-corrected chi connectivity index (χ3v) is 3.76. The van der Waals surface area contributed by atoms with Crippen molar-refractivity contribution in [1.29, 1.82) is 0 Å². The zero-order valence-corrected chi connectivity index (χ0v) is 11.3. The summed E-state index contributed by atoms with van der Waals surface area (Å²) in [6, 6.07) is 0. The lowest BCUT2D eigenvalue weighted by molar-refractivity contribution is 0.585. The Morgan fingerprint density at radius 3 is 2.71 bits per heavy atom. The number of nitrogens with zero attached hydrogens (tertiary/aromatic N) is 2. The average molecular weight is 250 g/mol. The smallest absolute Gasteiger partial charge is 0.120 e. The summed E-state index contributed by atoms with van der Waals surface area (Å²) in [6.45, 7) is 8.16. The molecule has 0 aliphatic carbocycles. The molecule has 2 N–H and O–H groups in total. The molecule has 2 rings (SSSR count). The summed E-state index contributed by atoms with van der Waals surface area (Å²) in [7, 11) is 0. The Morgan fingerprint density at radius 1 is 1.29 bits per heavy atom. The van der Waals surface area contributed by atoms with E-state index < -0.39 is 0 Å².